The van der Waals surface area contributed by atoms with Gasteiger partial charge in [-0.15, -0.1) is 11.3 Å². The first-order chi connectivity index (χ1) is 7.74. The number of hydrogen-bond donors (Lipinski definition) is 0. The van der Waals surface area contributed by atoms with E-state index in [1.54, 1.807) is 17.4 Å². The van der Waals surface area contributed by atoms with E-state index >= 15 is 0 Å². The van der Waals surface area contributed by atoms with Crippen molar-refractivity contribution in [3.05, 3.63) is 46.0 Å². The van der Waals surface area contributed by atoms with Gasteiger partial charge in [-0.1, -0.05) is 29.3 Å². The Labute approximate surface area is 106 Å². The molecule has 0 atom stereocenters. The van der Waals surface area contributed by atoms with Crippen molar-refractivity contribution in [3.63, 3.8) is 0 Å². The Kier molecular flexibility index (Phi) is 2.39. The number of fused-ring (bicyclic) bond motifs is 1. The fourth-order valence-electron chi connectivity index (χ4n) is 1.52. The predicted molar refractivity (Wildman–Crippen MR) is 68.5 cm³/mol. The standard InChI is InChI=1S/C11H6Cl2N2S/c12-8-2-1-7(5-9(8)13)10-6-15-3-4-16-11(15)14-10/h1-6H. The minimum Gasteiger partial charge on any atom is -0.297 e. The van der Waals surface area contributed by atoms with E-state index in [1.165, 1.54) is 0 Å². The van der Waals surface area contributed by atoms with Crippen LogP contribution >= 0.6 is 34.5 Å². The summed E-state index contributed by atoms with van der Waals surface area (Å²) >= 11 is 13.4. The van der Waals surface area contributed by atoms with E-state index in [2.05, 4.69) is 4.98 Å². The van der Waals surface area contributed by atoms with E-state index in [-0.39, 0.29) is 0 Å². The normalized spacial score (nSPS) is 11.1. The average molecular weight is 269 g/mol. The van der Waals surface area contributed by atoms with Gasteiger partial charge in [-0.2, -0.15) is 0 Å². The van der Waals surface area contributed by atoms with Gasteiger partial charge in [0.1, 0.15) is 0 Å². The summed E-state index contributed by atoms with van der Waals surface area (Å²) in [5.74, 6) is 0. The highest BCUT2D eigenvalue weighted by Crippen LogP contribution is 2.28. The first-order valence-corrected chi connectivity index (χ1v) is 6.25. The number of rotatable bonds is 1. The van der Waals surface area contributed by atoms with Gasteiger partial charge in [0, 0.05) is 23.3 Å². The molecule has 0 radical (unpaired) electrons. The van der Waals surface area contributed by atoms with E-state index < -0.39 is 0 Å². The molecule has 0 saturated carbocycles. The first-order valence-electron chi connectivity index (χ1n) is 4.62. The molecular weight excluding hydrogens is 263 g/mol. The van der Waals surface area contributed by atoms with Crippen molar-refractivity contribution in [2.75, 3.05) is 0 Å². The molecule has 5 heteroatoms. The van der Waals surface area contributed by atoms with Gasteiger partial charge in [0.25, 0.3) is 0 Å². The van der Waals surface area contributed by atoms with Crippen molar-refractivity contribution < 1.29 is 0 Å². The summed E-state index contributed by atoms with van der Waals surface area (Å²) in [5, 5.41) is 3.11. The van der Waals surface area contributed by atoms with Gasteiger partial charge in [0.2, 0.25) is 0 Å². The second kappa shape index (κ2) is 3.77. The fraction of sp³-hybridized carbons (Fsp3) is 0. The zero-order valence-electron chi connectivity index (χ0n) is 8.02. The molecule has 0 fully saturated rings. The lowest BCUT2D eigenvalue weighted by molar-refractivity contribution is 1.23. The van der Waals surface area contributed by atoms with Crippen molar-refractivity contribution >= 4 is 39.5 Å². The summed E-state index contributed by atoms with van der Waals surface area (Å²) < 4.78 is 1.99. The molecule has 0 N–H and O–H groups in total. The Morgan fingerprint density at radius 3 is 2.81 bits per heavy atom. The zero-order valence-corrected chi connectivity index (χ0v) is 10.4. The van der Waals surface area contributed by atoms with Crippen molar-refractivity contribution in [1.29, 1.82) is 0 Å². The Morgan fingerprint density at radius 1 is 1.19 bits per heavy atom. The second-order valence-electron chi connectivity index (χ2n) is 3.35. The molecule has 2 nitrogen and oxygen atoms in total. The number of aromatic nitrogens is 2. The molecule has 2 aromatic heterocycles. The van der Waals surface area contributed by atoms with Crippen LogP contribution in [0.3, 0.4) is 0 Å². The smallest absolute Gasteiger partial charge is 0.194 e. The summed E-state index contributed by atoms with van der Waals surface area (Å²) in [6.07, 6.45) is 3.96. The molecule has 0 aliphatic heterocycles. The molecule has 0 amide bonds. The maximum Gasteiger partial charge on any atom is 0.194 e. The molecule has 0 bridgehead atoms. The van der Waals surface area contributed by atoms with Gasteiger partial charge in [-0.25, -0.2) is 4.98 Å². The maximum atomic E-state index is 5.97. The topological polar surface area (TPSA) is 17.3 Å². The Hall–Kier alpha value is -1.03. The highest BCUT2D eigenvalue weighted by molar-refractivity contribution is 7.15. The zero-order chi connectivity index (χ0) is 11.1. The number of imidazole rings is 1. The number of hydrogen-bond acceptors (Lipinski definition) is 2. The van der Waals surface area contributed by atoms with Crippen molar-refractivity contribution in [1.82, 2.24) is 9.38 Å². The third-order valence-electron chi connectivity index (χ3n) is 2.31. The molecule has 0 unspecified atom stereocenters. The van der Waals surface area contributed by atoms with Crippen LogP contribution in [0.1, 0.15) is 0 Å². The second-order valence-corrected chi connectivity index (χ2v) is 5.04. The van der Waals surface area contributed by atoms with Crippen molar-refractivity contribution in [3.8, 4) is 11.3 Å². The van der Waals surface area contributed by atoms with Gasteiger partial charge in [-0.05, 0) is 12.1 Å². The fourth-order valence-corrected chi connectivity index (χ4v) is 2.52. The summed E-state index contributed by atoms with van der Waals surface area (Å²) in [5.41, 5.74) is 1.88. The highest BCUT2D eigenvalue weighted by Gasteiger charge is 2.06. The molecule has 0 saturated heterocycles. The minimum atomic E-state index is 0.551. The third kappa shape index (κ3) is 1.61. The van der Waals surface area contributed by atoms with Crippen molar-refractivity contribution in [2.24, 2.45) is 0 Å². The monoisotopic (exact) mass is 268 g/mol. The maximum absolute atomic E-state index is 5.97. The molecule has 0 spiro atoms. The lowest BCUT2D eigenvalue weighted by Gasteiger charge is -1.98. The molecule has 0 aliphatic carbocycles. The van der Waals surface area contributed by atoms with Gasteiger partial charge in [0.15, 0.2) is 4.96 Å². The number of benzene rings is 1. The van der Waals surface area contributed by atoms with Gasteiger partial charge in [0.05, 0.1) is 15.7 Å². The van der Waals surface area contributed by atoms with Crippen LogP contribution in [0.4, 0.5) is 0 Å². The molecule has 2 heterocycles. The van der Waals surface area contributed by atoms with E-state index in [0.717, 1.165) is 16.2 Å². The summed E-state index contributed by atoms with van der Waals surface area (Å²) in [6.45, 7) is 0. The number of thiazole rings is 1. The Bertz CT molecular complexity index is 628. The van der Waals surface area contributed by atoms with E-state index in [1.807, 2.05) is 34.3 Å². The SMILES string of the molecule is Clc1ccc(-c2cn3ccsc3n2)cc1Cl. The van der Waals surface area contributed by atoms with Crippen LogP contribution in [0, 0.1) is 0 Å². The highest BCUT2D eigenvalue weighted by atomic mass is 35.5. The van der Waals surface area contributed by atoms with Crippen LogP contribution in [-0.2, 0) is 0 Å². The van der Waals surface area contributed by atoms with Crippen LogP contribution in [-0.4, -0.2) is 9.38 Å². The summed E-state index contributed by atoms with van der Waals surface area (Å²) in [7, 11) is 0. The van der Waals surface area contributed by atoms with Crippen molar-refractivity contribution in [2.45, 2.75) is 0 Å². The predicted octanol–water partition coefficient (Wildman–Crippen LogP) is 4.37. The van der Waals surface area contributed by atoms with Crippen LogP contribution in [0.25, 0.3) is 16.2 Å². The van der Waals surface area contributed by atoms with Crippen LogP contribution in [0.2, 0.25) is 10.0 Å². The van der Waals surface area contributed by atoms with Crippen LogP contribution in [0.15, 0.2) is 36.0 Å². The Balaban J connectivity index is 2.15. The lowest BCUT2D eigenvalue weighted by Crippen LogP contribution is -1.77. The molecule has 1 aromatic carbocycles. The molecule has 80 valence electrons. The minimum absolute atomic E-state index is 0.551. The van der Waals surface area contributed by atoms with Gasteiger partial charge < -0.3 is 0 Å². The number of halogens is 2. The molecule has 3 rings (SSSR count). The summed E-state index contributed by atoms with van der Waals surface area (Å²) in [4.78, 5) is 5.47. The molecule has 3 aromatic rings. The van der Waals surface area contributed by atoms with E-state index in [4.69, 9.17) is 23.2 Å². The number of nitrogens with zero attached hydrogens (tertiary/aromatic N) is 2. The molecule has 16 heavy (non-hydrogen) atoms. The average Bonchev–Trinajstić information content (AvgIpc) is 2.81. The van der Waals surface area contributed by atoms with Crippen LogP contribution < -0.4 is 0 Å². The molecular formula is C11H6Cl2N2S. The third-order valence-corrected chi connectivity index (χ3v) is 3.82. The quantitative estimate of drug-likeness (QED) is 0.641. The first kappa shape index (κ1) is 10.1. The summed E-state index contributed by atoms with van der Waals surface area (Å²) in [6, 6.07) is 5.53. The van der Waals surface area contributed by atoms with Gasteiger partial charge >= 0.3 is 0 Å². The molecule has 0 aliphatic rings. The van der Waals surface area contributed by atoms with Gasteiger partial charge in [-0.3, -0.25) is 4.40 Å². The Morgan fingerprint density at radius 2 is 2.06 bits per heavy atom. The van der Waals surface area contributed by atoms with E-state index in [9.17, 15) is 0 Å². The largest absolute Gasteiger partial charge is 0.297 e. The van der Waals surface area contributed by atoms with E-state index in [0.29, 0.717) is 10.0 Å². The lowest BCUT2D eigenvalue weighted by atomic mass is 10.2. The van der Waals surface area contributed by atoms with Crippen LogP contribution in [0.5, 0.6) is 0 Å².